The maximum atomic E-state index is 12.7. The van der Waals surface area contributed by atoms with Gasteiger partial charge in [0.05, 0.1) is 0 Å². The minimum absolute atomic E-state index is 0.135. The lowest BCUT2D eigenvalue weighted by molar-refractivity contribution is -0.137. The van der Waals surface area contributed by atoms with Crippen LogP contribution in [0.5, 0.6) is 0 Å². The molecule has 0 aliphatic heterocycles. The molecule has 0 fully saturated rings. The van der Waals surface area contributed by atoms with E-state index in [0.717, 1.165) is 59.8 Å². The maximum Gasteiger partial charge on any atom is 0.303 e. The molecule has 0 radical (unpaired) electrons. The normalized spacial score (nSPS) is 11.2. The molecule has 5 nitrogen and oxygen atoms in total. The lowest BCUT2D eigenvalue weighted by atomic mass is 10.0. The Morgan fingerprint density at radius 3 is 2.30 bits per heavy atom. The van der Waals surface area contributed by atoms with Gasteiger partial charge in [0.1, 0.15) is 5.69 Å². The molecule has 0 atom stereocenters. The van der Waals surface area contributed by atoms with Gasteiger partial charge in [-0.3, -0.25) is 9.59 Å². The minimum Gasteiger partial charge on any atom is -0.481 e. The Hall–Kier alpha value is -1.60. The maximum absolute atomic E-state index is 12.7. The zero-order valence-corrected chi connectivity index (χ0v) is 17.7. The SMILES string of the molecule is CC(C)Cc1sc(-c2nccs2)nc1C(=O)CCCCCCCCC(=O)O. The van der Waals surface area contributed by atoms with Crippen molar-refractivity contribution >= 4 is 34.4 Å². The largest absolute Gasteiger partial charge is 0.481 e. The predicted octanol–water partition coefficient (Wildman–Crippen LogP) is 5.85. The highest BCUT2D eigenvalue weighted by Gasteiger charge is 2.20. The smallest absolute Gasteiger partial charge is 0.303 e. The molecule has 7 heteroatoms. The molecule has 148 valence electrons. The van der Waals surface area contributed by atoms with Crippen LogP contribution in [0.2, 0.25) is 0 Å². The molecule has 2 aromatic rings. The van der Waals surface area contributed by atoms with Gasteiger partial charge in [0, 0.05) is 29.3 Å². The van der Waals surface area contributed by atoms with Crippen LogP contribution >= 0.6 is 22.7 Å². The number of carbonyl (C=O) groups excluding carboxylic acids is 1. The van der Waals surface area contributed by atoms with Gasteiger partial charge in [-0.1, -0.05) is 39.5 Å². The van der Waals surface area contributed by atoms with Crippen LogP contribution in [0.3, 0.4) is 0 Å². The summed E-state index contributed by atoms with van der Waals surface area (Å²) < 4.78 is 0. The van der Waals surface area contributed by atoms with Crippen molar-refractivity contribution in [2.45, 2.75) is 71.6 Å². The number of unbranched alkanes of at least 4 members (excludes halogenated alkanes) is 5. The first-order valence-electron chi connectivity index (χ1n) is 9.62. The Morgan fingerprint density at radius 2 is 1.70 bits per heavy atom. The van der Waals surface area contributed by atoms with Crippen molar-refractivity contribution in [3.05, 3.63) is 22.1 Å². The van der Waals surface area contributed by atoms with Crippen LogP contribution < -0.4 is 0 Å². The van der Waals surface area contributed by atoms with Gasteiger partial charge >= 0.3 is 5.97 Å². The number of Topliss-reactive ketones (excluding diaryl/α,β-unsaturated/α-hetero) is 1. The first kappa shape index (κ1) is 21.7. The summed E-state index contributed by atoms with van der Waals surface area (Å²) in [5.74, 6) is -0.110. The number of thiazole rings is 2. The predicted molar refractivity (Wildman–Crippen MR) is 111 cm³/mol. The highest BCUT2D eigenvalue weighted by molar-refractivity contribution is 7.20. The van der Waals surface area contributed by atoms with Gasteiger partial charge in [0.15, 0.2) is 15.8 Å². The molecule has 0 unspecified atom stereocenters. The minimum atomic E-state index is -0.724. The van der Waals surface area contributed by atoms with Crippen molar-refractivity contribution in [3.8, 4) is 10.0 Å². The average molecular weight is 409 g/mol. The summed E-state index contributed by atoms with van der Waals surface area (Å²) >= 11 is 3.15. The molecule has 0 amide bonds. The van der Waals surface area contributed by atoms with Crippen LogP contribution in [-0.2, 0) is 11.2 Å². The standard InChI is InChI=1S/C20H28N2O3S2/c1-14(2)13-16-18(22-20(27-16)19-21-11-12-26-19)15(23)9-7-5-3-4-6-8-10-17(24)25/h11-12,14H,3-10,13H2,1-2H3,(H,24,25). The zero-order chi connectivity index (χ0) is 19.6. The molecule has 0 spiro atoms. The number of hydrogen-bond donors (Lipinski definition) is 1. The van der Waals surface area contributed by atoms with E-state index < -0.39 is 5.97 Å². The number of rotatable bonds is 13. The number of carbonyl (C=O) groups is 2. The molecule has 2 heterocycles. The second-order valence-electron chi connectivity index (χ2n) is 7.16. The van der Waals surface area contributed by atoms with Gasteiger partial charge in [0.2, 0.25) is 0 Å². The molecule has 27 heavy (non-hydrogen) atoms. The summed E-state index contributed by atoms with van der Waals surface area (Å²) in [6.45, 7) is 4.31. The summed E-state index contributed by atoms with van der Waals surface area (Å²) in [4.78, 5) is 33.2. The number of hydrogen-bond acceptors (Lipinski definition) is 6. The third kappa shape index (κ3) is 7.50. The van der Waals surface area contributed by atoms with Gasteiger partial charge in [-0.15, -0.1) is 22.7 Å². The van der Waals surface area contributed by atoms with E-state index in [1.165, 1.54) is 0 Å². The Bertz CT molecular complexity index is 724. The lowest BCUT2D eigenvalue weighted by Gasteiger charge is -2.05. The first-order chi connectivity index (χ1) is 13.0. The number of carboxylic acids is 1. The van der Waals surface area contributed by atoms with Crippen molar-refractivity contribution < 1.29 is 14.7 Å². The summed E-state index contributed by atoms with van der Waals surface area (Å²) in [7, 11) is 0. The Kier molecular flexibility index (Phi) is 9.07. The fourth-order valence-electron chi connectivity index (χ4n) is 2.89. The molecule has 2 rings (SSSR count). The van der Waals surface area contributed by atoms with Gasteiger partial charge in [0.25, 0.3) is 0 Å². The number of aromatic nitrogens is 2. The van der Waals surface area contributed by atoms with Gasteiger partial charge in [-0.05, 0) is 25.2 Å². The molecular weight excluding hydrogens is 380 g/mol. The molecular formula is C20H28N2O3S2. The van der Waals surface area contributed by atoms with E-state index in [-0.39, 0.29) is 12.2 Å². The van der Waals surface area contributed by atoms with Crippen LogP contribution in [0.1, 0.15) is 80.6 Å². The van der Waals surface area contributed by atoms with Gasteiger partial charge in [-0.25, -0.2) is 9.97 Å². The molecule has 0 saturated carbocycles. The summed E-state index contributed by atoms with van der Waals surface area (Å²) in [5.41, 5.74) is 0.639. The Morgan fingerprint density at radius 1 is 1.04 bits per heavy atom. The number of ketones is 1. The number of carboxylic acid groups (broad SMARTS) is 1. The van der Waals surface area contributed by atoms with E-state index in [9.17, 15) is 9.59 Å². The fourth-order valence-corrected chi connectivity index (χ4v) is 4.86. The van der Waals surface area contributed by atoms with Crippen LogP contribution in [0.4, 0.5) is 0 Å². The second kappa shape index (κ2) is 11.3. The van der Waals surface area contributed by atoms with Crippen molar-refractivity contribution in [1.29, 1.82) is 0 Å². The summed E-state index contributed by atoms with van der Waals surface area (Å²) in [6.07, 6.45) is 9.05. The number of aliphatic carboxylic acids is 1. The first-order valence-corrected chi connectivity index (χ1v) is 11.3. The zero-order valence-electron chi connectivity index (χ0n) is 16.1. The molecule has 1 N–H and O–H groups in total. The van der Waals surface area contributed by atoms with Crippen molar-refractivity contribution in [2.24, 2.45) is 5.92 Å². The average Bonchev–Trinajstić information content (AvgIpc) is 3.25. The number of nitrogens with zero attached hydrogens (tertiary/aromatic N) is 2. The summed E-state index contributed by atoms with van der Waals surface area (Å²) in [5, 5.41) is 12.3. The van der Waals surface area contributed by atoms with E-state index >= 15 is 0 Å². The topological polar surface area (TPSA) is 80.2 Å². The Labute approximate surface area is 168 Å². The van der Waals surface area contributed by atoms with E-state index in [2.05, 4.69) is 23.8 Å². The van der Waals surface area contributed by atoms with Crippen LogP contribution in [-0.4, -0.2) is 26.8 Å². The monoisotopic (exact) mass is 408 g/mol. The molecule has 0 aliphatic rings. The van der Waals surface area contributed by atoms with E-state index in [1.54, 1.807) is 28.9 Å². The molecule has 0 aliphatic carbocycles. The highest BCUT2D eigenvalue weighted by Crippen LogP contribution is 2.31. The van der Waals surface area contributed by atoms with Crippen LogP contribution in [0, 0.1) is 5.92 Å². The highest BCUT2D eigenvalue weighted by atomic mass is 32.1. The molecule has 2 aromatic heterocycles. The van der Waals surface area contributed by atoms with Crippen molar-refractivity contribution in [1.82, 2.24) is 9.97 Å². The quantitative estimate of drug-likeness (QED) is 0.332. The van der Waals surface area contributed by atoms with Crippen LogP contribution in [0.25, 0.3) is 10.0 Å². The lowest BCUT2D eigenvalue weighted by Crippen LogP contribution is -2.05. The van der Waals surface area contributed by atoms with Gasteiger partial charge in [-0.2, -0.15) is 0 Å². The second-order valence-corrected chi connectivity index (χ2v) is 9.14. The summed E-state index contributed by atoms with van der Waals surface area (Å²) in [6, 6.07) is 0. The van der Waals surface area contributed by atoms with Crippen LogP contribution in [0.15, 0.2) is 11.6 Å². The fraction of sp³-hybridized carbons (Fsp3) is 0.600. The molecule has 0 bridgehead atoms. The van der Waals surface area contributed by atoms with Gasteiger partial charge < -0.3 is 5.11 Å². The van der Waals surface area contributed by atoms with E-state index in [0.29, 0.717) is 18.0 Å². The third-order valence-electron chi connectivity index (χ3n) is 4.21. The Balaban J connectivity index is 1.83. The molecule has 0 aromatic carbocycles. The van der Waals surface area contributed by atoms with E-state index in [1.807, 2.05) is 5.38 Å². The van der Waals surface area contributed by atoms with Crippen molar-refractivity contribution in [2.75, 3.05) is 0 Å². The van der Waals surface area contributed by atoms with Crippen molar-refractivity contribution in [3.63, 3.8) is 0 Å². The molecule has 0 saturated heterocycles. The van der Waals surface area contributed by atoms with E-state index in [4.69, 9.17) is 5.11 Å². The third-order valence-corrected chi connectivity index (χ3v) is 6.21.